The summed E-state index contributed by atoms with van der Waals surface area (Å²) in [5.41, 5.74) is 10.5. The molecule has 0 atom stereocenters. The van der Waals surface area contributed by atoms with Crippen molar-refractivity contribution in [3.8, 4) is 11.3 Å². The van der Waals surface area contributed by atoms with Crippen LogP contribution in [0.3, 0.4) is 0 Å². The van der Waals surface area contributed by atoms with Crippen molar-refractivity contribution >= 4 is 27.4 Å². The van der Waals surface area contributed by atoms with Crippen LogP contribution in [-0.2, 0) is 6.54 Å². The fourth-order valence-electron chi connectivity index (χ4n) is 3.43. The molecule has 3 aromatic carbocycles. The summed E-state index contributed by atoms with van der Waals surface area (Å²) in [4.78, 5) is 0. The number of hydrogen-bond donors (Lipinski definition) is 1. The molecule has 0 unspecified atom stereocenters. The van der Waals surface area contributed by atoms with E-state index in [1.54, 1.807) is 0 Å². The SMILES string of the molecule is CC[n+]1c(-c2ccccc2)c2ccccc2c2ccc(N)cc21. The van der Waals surface area contributed by atoms with Gasteiger partial charge in [-0.3, -0.25) is 0 Å². The van der Waals surface area contributed by atoms with E-state index in [0.29, 0.717) is 0 Å². The molecule has 4 rings (SSSR count). The highest BCUT2D eigenvalue weighted by molar-refractivity contribution is 6.09. The Bertz CT molecular complexity index is 1000. The van der Waals surface area contributed by atoms with Crippen molar-refractivity contribution in [3.63, 3.8) is 0 Å². The number of rotatable bonds is 2. The second-order valence-corrected chi connectivity index (χ2v) is 5.78. The predicted molar refractivity (Wildman–Crippen MR) is 97.2 cm³/mol. The van der Waals surface area contributed by atoms with Gasteiger partial charge in [-0.15, -0.1) is 0 Å². The molecule has 0 aliphatic carbocycles. The molecule has 0 aliphatic heterocycles. The first-order chi connectivity index (χ1) is 11.3. The standard InChI is InChI=1S/C21H18N2/c1-2-23-20-14-16(22)12-13-18(20)17-10-6-7-11-19(17)21(23)15-8-4-3-5-9-15/h3-14,22H,2H2,1H3/p+1. The molecule has 0 saturated carbocycles. The second-order valence-electron chi connectivity index (χ2n) is 5.78. The van der Waals surface area contributed by atoms with Crippen LogP contribution in [0.2, 0.25) is 0 Å². The maximum atomic E-state index is 6.07. The minimum atomic E-state index is 0.800. The molecule has 2 heteroatoms. The zero-order chi connectivity index (χ0) is 15.8. The van der Waals surface area contributed by atoms with E-state index in [1.165, 1.54) is 32.9 Å². The summed E-state index contributed by atoms with van der Waals surface area (Å²) in [5.74, 6) is 0. The van der Waals surface area contributed by atoms with Crippen LogP contribution < -0.4 is 10.3 Å². The molecule has 0 saturated heterocycles. The van der Waals surface area contributed by atoms with Crippen molar-refractivity contribution < 1.29 is 4.57 Å². The monoisotopic (exact) mass is 299 g/mol. The van der Waals surface area contributed by atoms with E-state index in [1.807, 2.05) is 6.07 Å². The molecule has 23 heavy (non-hydrogen) atoms. The van der Waals surface area contributed by atoms with Crippen LogP contribution in [0.1, 0.15) is 6.92 Å². The fraction of sp³-hybridized carbons (Fsp3) is 0.0952. The molecule has 0 fully saturated rings. The summed E-state index contributed by atoms with van der Waals surface area (Å²) in [5, 5.41) is 3.79. The lowest BCUT2D eigenvalue weighted by Crippen LogP contribution is -2.36. The van der Waals surface area contributed by atoms with E-state index in [-0.39, 0.29) is 0 Å². The number of fused-ring (bicyclic) bond motifs is 3. The first kappa shape index (κ1) is 13.8. The number of aryl methyl sites for hydroxylation is 1. The van der Waals surface area contributed by atoms with Gasteiger partial charge in [0.05, 0.1) is 10.8 Å². The number of nitrogen functional groups attached to an aromatic ring is 1. The Labute approximate surface area is 135 Å². The third kappa shape index (κ3) is 2.15. The second kappa shape index (κ2) is 5.40. The van der Waals surface area contributed by atoms with E-state index in [4.69, 9.17) is 5.73 Å². The predicted octanol–water partition coefficient (Wildman–Crippen LogP) is 4.55. The lowest BCUT2D eigenvalue weighted by molar-refractivity contribution is -0.655. The van der Waals surface area contributed by atoms with Crippen molar-refractivity contribution in [3.05, 3.63) is 72.8 Å². The summed E-state index contributed by atoms with van der Waals surface area (Å²) in [6.07, 6.45) is 0. The largest absolute Gasteiger partial charge is 0.399 e. The number of nitrogens with zero attached hydrogens (tertiary/aromatic N) is 1. The zero-order valence-corrected chi connectivity index (χ0v) is 13.2. The smallest absolute Gasteiger partial charge is 0.220 e. The third-order valence-corrected chi connectivity index (χ3v) is 4.42. The van der Waals surface area contributed by atoms with E-state index >= 15 is 0 Å². The Hall–Kier alpha value is -2.87. The topological polar surface area (TPSA) is 29.9 Å². The van der Waals surface area contributed by atoms with Gasteiger partial charge < -0.3 is 5.73 Å². The van der Waals surface area contributed by atoms with Crippen LogP contribution in [0, 0.1) is 0 Å². The Kier molecular flexibility index (Phi) is 3.23. The van der Waals surface area contributed by atoms with E-state index in [0.717, 1.165) is 12.2 Å². The van der Waals surface area contributed by atoms with Crippen molar-refractivity contribution in [1.82, 2.24) is 0 Å². The molecule has 0 spiro atoms. The molecular formula is C21H19N2+. The molecule has 2 N–H and O–H groups in total. The van der Waals surface area contributed by atoms with E-state index < -0.39 is 0 Å². The van der Waals surface area contributed by atoms with Gasteiger partial charge in [0, 0.05) is 22.7 Å². The average molecular weight is 299 g/mol. The summed E-state index contributed by atoms with van der Waals surface area (Å²) < 4.78 is 2.36. The van der Waals surface area contributed by atoms with Gasteiger partial charge in [-0.05, 0) is 37.3 Å². The van der Waals surface area contributed by atoms with Gasteiger partial charge in [0.2, 0.25) is 11.2 Å². The van der Waals surface area contributed by atoms with Crippen molar-refractivity contribution in [2.75, 3.05) is 5.73 Å². The molecule has 0 aliphatic rings. The zero-order valence-electron chi connectivity index (χ0n) is 13.2. The maximum Gasteiger partial charge on any atom is 0.220 e. The number of hydrogen-bond acceptors (Lipinski definition) is 1. The molecule has 0 bridgehead atoms. The average Bonchev–Trinajstić information content (AvgIpc) is 2.61. The van der Waals surface area contributed by atoms with Gasteiger partial charge in [0.15, 0.2) is 0 Å². The first-order valence-electron chi connectivity index (χ1n) is 7.99. The lowest BCUT2D eigenvalue weighted by atomic mass is 9.99. The molecule has 112 valence electrons. The van der Waals surface area contributed by atoms with Gasteiger partial charge in [-0.2, -0.15) is 4.57 Å². The van der Waals surface area contributed by atoms with Gasteiger partial charge in [0.1, 0.15) is 6.54 Å². The summed E-state index contributed by atoms with van der Waals surface area (Å²) >= 11 is 0. The van der Waals surface area contributed by atoms with Crippen LogP contribution in [0.25, 0.3) is 32.9 Å². The fourth-order valence-corrected chi connectivity index (χ4v) is 3.43. The summed E-state index contributed by atoms with van der Waals surface area (Å²) in [6.45, 7) is 3.08. The lowest BCUT2D eigenvalue weighted by Gasteiger charge is -2.11. The molecular weight excluding hydrogens is 280 g/mol. The van der Waals surface area contributed by atoms with Gasteiger partial charge in [-0.25, -0.2) is 0 Å². The molecule has 1 heterocycles. The number of nitrogens with two attached hydrogens (primary N) is 1. The van der Waals surface area contributed by atoms with Gasteiger partial charge in [-0.1, -0.05) is 36.4 Å². The Morgan fingerprint density at radius 1 is 0.783 bits per heavy atom. The summed E-state index contributed by atoms with van der Waals surface area (Å²) in [6, 6.07) is 25.4. The molecule has 4 aromatic rings. The number of benzene rings is 3. The maximum absolute atomic E-state index is 6.07. The van der Waals surface area contributed by atoms with Crippen LogP contribution in [0.4, 0.5) is 5.69 Å². The number of aromatic nitrogens is 1. The van der Waals surface area contributed by atoms with E-state index in [2.05, 4.69) is 78.2 Å². The van der Waals surface area contributed by atoms with Gasteiger partial charge in [0.25, 0.3) is 0 Å². The summed E-state index contributed by atoms with van der Waals surface area (Å²) in [7, 11) is 0. The minimum absolute atomic E-state index is 0.800. The quantitative estimate of drug-likeness (QED) is 0.328. The van der Waals surface area contributed by atoms with Crippen molar-refractivity contribution in [2.24, 2.45) is 0 Å². The normalized spacial score (nSPS) is 11.2. The highest BCUT2D eigenvalue weighted by atomic mass is 15.0. The van der Waals surface area contributed by atoms with Gasteiger partial charge >= 0.3 is 0 Å². The first-order valence-corrected chi connectivity index (χ1v) is 7.99. The molecule has 0 amide bonds. The molecule has 1 aromatic heterocycles. The minimum Gasteiger partial charge on any atom is -0.399 e. The molecule has 2 nitrogen and oxygen atoms in total. The Morgan fingerprint density at radius 3 is 2.22 bits per heavy atom. The Morgan fingerprint density at radius 2 is 1.48 bits per heavy atom. The van der Waals surface area contributed by atoms with Crippen molar-refractivity contribution in [1.29, 1.82) is 0 Å². The van der Waals surface area contributed by atoms with Crippen LogP contribution in [0.15, 0.2) is 72.8 Å². The third-order valence-electron chi connectivity index (χ3n) is 4.42. The Balaban J connectivity index is 2.26. The van der Waals surface area contributed by atoms with E-state index in [9.17, 15) is 0 Å². The van der Waals surface area contributed by atoms with Crippen molar-refractivity contribution in [2.45, 2.75) is 13.5 Å². The van der Waals surface area contributed by atoms with Crippen LogP contribution >= 0.6 is 0 Å². The number of anilines is 1. The number of pyridine rings is 1. The highest BCUT2D eigenvalue weighted by Gasteiger charge is 2.21. The van der Waals surface area contributed by atoms with Crippen LogP contribution in [0.5, 0.6) is 0 Å². The highest BCUT2D eigenvalue weighted by Crippen LogP contribution is 2.31. The van der Waals surface area contributed by atoms with Crippen LogP contribution in [-0.4, -0.2) is 0 Å². The molecule has 0 radical (unpaired) electrons.